The number of carbonyl (C=O) groups is 1. The first-order chi connectivity index (χ1) is 12.1. The molecular weight excluding hydrogens is 312 g/mol. The van der Waals surface area contributed by atoms with Crippen LogP contribution in [0.5, 0.6) is 0 Å². The van der Waals surface area contributed by atoms with E-state index in [1.807, 2.05) is 17.0 Å². The Hall–Kier alpha value is -2.88. The quantitative estimate of drug-likeness (QED) is 0.788. The van der Waals surface area contributed by atoms with Crippen LogP contribution >= 0.6 is 0 Å². The van der Waals surface area contributed by atoms with Crippen LogP contribution in [0.2, 0.25) is 0 Å². The molecular formula is C21H20N2O2. The lowest BCUT2D eigenvalue weighted by Gasteiger charge is -2.30. The Labute approximate surface area is 146 Å². The van der Waals surface area contributed by atoms with Crippen molar-refractivity contribution < 1.29 is 4.79 Å². The number of aromatic amines is 1. The average molecular weight is 332 g/mol. The summed E-state index contributed by atoms with van der Waals surface area (Å²) in [5, 5.41) is 2.38. The van der Waals surface area contributed by atoms with Crippen molar-refractivity contribution in [3.8, 4) is 0 Å². The van der Waals surface area contributed by atoms with Gasteiger partial charge in [0.15, 0.2) is 0 Å². The van der Waals surface area contributed by atoms with Crippen LogP contribution < -0.4 is 5.56 Å². The van der Waals surface area contributed by atoms with Gasteiger partial charge in [-0.25, -0.2) is 0 Å². The van der Waals surface area contributed by atoms with Crippen molar-refractivity contribution in [3.05, 3.63) is 82.3 Å². The Morgan fingerprint density at radius 2 is 1.84 bits per heavy atom. The standard InChI is InChI=1S/C21H20N2O2/c1-14(16-7-6-15-4-2-3-5-17(15)12-16)23(19-9-10-19)21(25)18-8-11-20(24)22-13-18/h2-8,11-14,19H,9-10H2,1H3,(H,22,24)/t14-/m1/s1. The summed E-state index contributed by atoms with van der Waals surface area (Å²) in [6.07, 6.45) is 3.58. The number of benzene rings is 2. The van der Waals surface area contributed by atoms with Crippen LogP contribution in [0.3, 0.4) is 0 Å². The van der Waals surface area contributed by atoms with E-state index in [-0.39, 0.29) is 23.6 Å². The maximum Gasteiger partial charge on any atom is 0.256 e. The lowest BCUT2D eigenvalue weighted by molar-refractivity contribution is 0.0673. The summed E-state index contributed by atoms with van der Waals surface area (Å²) >= 11 is 0. The van der Waals surface area contributed by atoms with Gasteiger partial charge < -0.3 is 9.88 Å². The molecule has 1 N–H and O–H groups in total. The summed E-state index contributed by atoms with van der Waals surface area (Å²) in [5.74, 6) is -0.0283. The monoisotopic (exact) mass is 332 g/mol. The van der Waals surface area contributed by atoms with E-state index in [1.54, 1.807) is 6.07 Å². The molecule has 0 aliphatic heterocycles. The van der Waals surface area contributed by atoms with E-state index in [9.17, 15) is 9.59 Å². The zero-order valence-corrected chi connectivity index (χ0v) is 14.1. The molecule has 1 saturated carbocycles. The highest BCUT2D eigenvalue weighted by atomic mass is 16.2. The first-order valence-corrected chi connectivity index (χ1v) is 8.63. The van der Waals surface area contributed by atoms with Crippen molar-refractivity contribution in [3.63, 3.8) is 0 Å². The number of nitrogens with one attached hydrogen (secondary N) is 1. The van der Waals surface area contributed by atoms with Gasteiger partial charge in [0.1, 0.15) is 0 Å². The maximum atomic E-state index is 13.0. The molecule has 0 unspecified atom stereocenters. The second kappa shape index (κ2) is 6.20. The van der Waals surface area contributed by atoms with E-state index in [4.69, 9.17) is 0 Å². The van der Waals surface area contributed by atoms with Crippen LogP contribution in [0.25, 0.3) is 10.8 Å². The van der Waals surface area contributed by atoms with E-state index in [2.05, 4.69) is 42.2 Å². The normalized spacial score (nSPS) is 15.1. The predicted octanol–water partition coefficient (Wildman–Crippen LogP) is 3.89. The van der Waals surface area contributed by atoms with Gasteiger partial charge in [-0.2, -0.15) is 0 Å². The van der Waals surface area contributed by atoms with Crippen LogP contribution in [-0.2, 0) is 0 Å². The lowest BCUT2D eigenvalue weighted by Crippen LogP contribution is -2.35. The van der Waals surface area contributed by atoms with Crippen molar-refractivity contribution in [1.29, 1.82) is 0 Å². The first-order valence-electron chi connectivity index (χ1n) is 8.63. The number of pyridine rings is 1. The van der Waals surface area contributed by atoms with E-state index in [1.165, 1.54) is 23.0 Å². The Morgan fingerprint density at radius 1 is 1.08 bits per heavy atom. The fourth-order valence-corrected chi connectivity index (χ4v) is 3.33. The van der Waals surface area contributed by atoms with Gasteiger partial charge in [0.05, 0.1) is 11.6 Å². The third-order valence-electron chi connectivity index (χ3n) is 4.88. The minimum atomic E-state index is -0.197. The lowest BCUT2D eigenvalue weighted by atomic mass is 10.0. The van der Waals surface area contributed by atoms with Crippen LogP contribution in [0.1, 0.15) is 41.7 Å². The van der Waals surface area contributed by atoms with Crippen LogP contribution in [-0.4, -0.2) is 21.8 Å². The van der Waals surface area contributed by atoms with Gasteiger partial charge in [-0.05, 0) is 48.2 Å². The predicted molar refractivity (Wildman–Crippen MR) is 98.6 cm³/mol. The number of aromatic nitrogens is 1. The van der Waals surface area contributed by atoms with E-state index >= 15 is 0 Å². The molecule has 4 rings (SSSR count). The SMILES string of the molecule is C[C@H](c1ccc2ccccc2c1)N(C(=O)c1ccc(=O)[nH]c1)C1CC1. The van der Waals surface area contributed by atoms with Crippen molar-refractivity contribution in [1.82, 2.24) is 9.88 Å². The summed E-state index contributed by atoms with van der Waals surface area (Å²) in [6, 6.07) is 17.9. The number of H-pyrrole nitrogens is 1. The summed E-state index contributed by atoms with van der Waals surface area (Å²) < 4.78 is 0. The second-order valence-electron chi connectivity index (χ2n) is 6.67. The van der Waals surface area contributed by atoms with E-state index in [0.717, 1.165) is 18.4 Å². The Kier molecular flexibility index (Phi) is 3.88. The Bertz CT molecular complexity index is 968. The van der Waals surface area contributed by atoms with Gasteiger partial charge >= 0.3 is 0 Å². The van der Waals surface area contributed by atoms with E-state index < -0.39 is 0 Å². The highest BCUT2D eigenvalue weighted by Gasteiger charge is 2.36. The van der Waals surface area contributed by atoms with E-state index in [0.29, 0.717) is 5.56 Å². The molecule has 4 nitrogen and oxygen atoms in total. The molecule has 1 aromatic heterocycles. The summed E-state index contributed by atoms with van der Waals surface area (Å²) in [5.41, 5.74) is 1.46. The van der Waals surface area contributed by atoms with Crippen LogP contribution in [0, 0.1) is 0 Å². The summed E-state index contributed by atoms with van der Waals surface area (Å²) in [7, 11) is 0. The smallest absolute Gasteiger partial charge is 0.256 e. The molecule has 1 heterocycles. The van der Waals surface area contributed by atoms with Crippen molar-refractivity contribution in [2.45, 2.75) is 31.8 Å². The van der Waals surface area contributed by atoms with Gasteiger partial charge in [0, 0.05) is 18.3 Å². The third-order valence-corrected chi connectivity index (χ3v) is 4.88. The molecule has 0 spiro atoms. The molecule has 1 aliphatic carbocycles. The zero-order valence-electron chi connectivity index (χ0n) is 14.1. The third kappa shape index (κ3) is 3.07. The average Bonchev–Trinajstić information content (AvgIpc) is 3.47. The Morgan fingerprint density at radius 3 is 2.52 bits per heavy atom. The number of hydrogen-bond donors (Lipinski definition) is 1. The zero-order chi connectivity index (χ0) is 17.4. The largest absolute Gasteiger partial charge is 0.329 e. The molecule has 0 radical (unpaired) electrons. The summed E-state index contributed by atoms with van der Waals surface area (Å²) in [6.45, 7) is 2.08. The van der Waals surface area contributed by atoms with Crippen molar-refractivity contribution in [2.75, 3.05) is 0 Å². The second-order valence-corrected chi connectivity index (χ2v) is 6.67. The number of fused-ring (bicyclic) bond motifs is 1. The molecule has 25 heavy (non-hydrogen) atoms. The minimum Gasteiger partial charge on any atom is -0.329 e. The fourth-order valence-electron chi connectivity index (χ4n) is 3.33. The first kappa shape index (κ1) is 15.6. The number of nitrogens with zero attached hydrogens (tertiary/aromatic N) is 1. The number of rotatable bonds is 4. The number of amides is 1. The molecule has 0 saturated heterocycles. The fraction of sp³-hybridized carbons (Fsp3) is 0.238. The molecule has 0 bridgehead atoms. The minimum absolute atomic E-state index is 0.0171. The molecule has 3 aromatic rings. The molecule has 1 atom stereocenters. The molecule has 4 heteroatoms. The maximum absolute atomic E-state index is 13.0. The number of carbonyl (C=O) groups excluding carboxylic acids is 1. The van der Waals surface area contributed by atoms with Crippen molar-refractivity contribution in [2.24, 2.45) is 0 Å². The molecule has 126 valence electrons. The van der Waals surface area contributed by atoms with Crippen LogP contribution in [0.4, 0.5) is 0 Å². The topological polar surface area (TPSA) is 53.2 Å². The molecule has 1 aliphatic rings. The van der Waals surface area contributed by atoms with Crippen LogP contribution in [0.15, 0.2) is 65.6 Å². The van der Waals surface area contributed by atoms with Gasteiger partial charge in [-0.1, -0.05) is 36.4 Å². The number of hydrogen-bond acceptors (Lipinski definition) is 2. The molecule has 2 aromatic carbocycles. The molecule has 1 fully saturated rings. The van der Waals surface area contributed by atoms with Gasteiger partial charge in [-0.15, -0.1) is 0 Å². The molecule has 1 amide bonds. The van der Waals surface area contributed by atoms with Crippen molar-refractivity contribution >= 4 is 16.7 Å². The highest BCUT2D eigenvalue weighted by molar-refractivity contribution is 5.94. The Balaban J connectivity index is 1.68. The van der Waals surface area contributed by atoms with Gasteiger partial charge in [-0.3, -0.25) is 9.59 Å². The van der Waals surface area contributed by atoms with Gasteiger partial charge in [0.25, 0.3) is 5.91 Å². The van der Waals surface area contributed by atoms with Gasteiger partial charge in [0.2, 0.25) is 5.56 Å². The highest BCUT2D eigenvalue weighted by Crippen LogP contribution is 2.36. The summed E-state index contributed by atoms with van der Waals surface area (Å²) in [4.78, 5) is 28.8.